The fourth-order valence-electron chi connectivity index (χ4n) is 4.00. The van der Waals surface area contributed by atoms with E-state index in [-0.39, 0.29) is 24.6 Å². The minimum Gasteiger partial charge on any atom is -0.467 e. The summed E-state index contributed by atoms with van der Waals surface area (Å²) in [6.07, 6.45) is 3.31. The van der Waals surface area contributed by atoms with E-state index in [4.69, 9.17) is 4.42 Å². The number of thiophene rings is 1. The first kappa shape index (κ1) is 18.6. The lowest BCUT2D eigenvalue weighted by Crippen LogP contribution is -2.44. The van der Waals surface area contributed by atoms with Gasteiger partial charge in [0.2, 0.25) is 5.91 Å². The second kappa shape index (κ2) is 7.46. The highest BCUT2D eigenvalue weighted by Crippen LogP contribution is 2.27. The highest BCUT2D eigenvalue weighted by Gasteiger charge is 2.24. The second-order valence-electron chi connectivity index (χ2n) is 7.25. The minimum atomic E-state index is -0.513. The summed E-state index contributed by atoms with van der Waals surface area (Å²) in [6, 6.07) is 13.0. The van der Waals surface area contributed by atoms with Crippen LogP contribution in [-0.4, -0.2) is 21.6 Å². The van der Waals surface area contributed by atoms with E-state index in [1.807, 2.05) is 24.3 Å². The molecular formula is C22H19N3O4S. The molecule has 0 unspecified atom stereocenters. The van der Waals surface area contributed by atoms with E-state index in [9.17, 15) is 14.4 Å². The quantitative estimate of drug-likeness (QED) is 0.508. The van der Waals surface area contributed by atoms with E-state index in [1.165, 1.54) is 22.2 Å². The van der Waals surface area contributed by atoms with Crippen LogP contribution in [0.3, 0.4) is 0 Å². The van der Waals surface area contributed by atoms with Crippen LogP contribution in [0.1, 0.15) is 17.7 Å². The van der Waals surface area contributed by atoms with Gasteiger partial charge in [0, 0.05) is 12.2 Å². The Labute approximate surface area is 175 Å². The van der Waals surface area contributed by atoms with Gasteiger partial charge >= 0.3 is 5.69 Å². The summed E-state index contributed by atoms with van der Waals surface area (Å²) in [4.78, 5) is 41.0. The molecule has 30 heavy (non-hydrogen) atoms. The van der Waals surface area contributed by atoms with E-state index in [0.717, 1.165) is 28.7 Å². The molecule has 1 aliphatic heterocycles. The van der Waals surface area contributed by atoms with Crippen molar-refractivity contribution in [3.05, 3.63) is 86.3 Å². The number of aromatic nitrogens is 2. The zero-order valence-corrected chi connectivity index (χ0v) is 16.9. The van der Waals surface area contributed by atoms with Crippen molar-refractivity contribution in [3.8, 4) is 0 Å². The molecule has 0 spiro atoms. The van der Waals surface area contributed by atoms with Crippen LogP contribution in [0, 0.1) is 0 Å². The van der Waals surface area contributed by atoms with Gasteiger partial charge in [-0.1, -0.05) is 18.2 Å². The number of aryl methyl sites for hydroxylation is 1. The summed E-state index contributed by atoms with van der Waals surface area (Å²) in [5.74, 6) is 0.341. The standard InChI is InChI=1S/C22H19N3O4S/c26-19(23-10-3-6-15-5-1-2-8-17(15)23)14-24-18-9-12-30-20(18)21(27)25(22(24)28)13-16-7-4-11-29-16/h1-2,4-5,7-9,11-12H,3,6,10,13-14H2. The average molecular weight is 421 g/mol. The van der Waals surface area contributed by atoms with Crippen molar-refractivity contribution in [1.29, 1.82) is 0 Å². The van der Waals surface area contributed by atoms with E-state index in [1.54, 1.807) is 28.5 Å². The van der Waals surface area contributed by atoms with Crippen molar-refractivity contribution in [2.24, 2.45) is 0 Å². The number of benzene rings is 1. The number of carbonyl (C=O) groups excluding carboxylic acids is 1. The fourth-order valence-corrected chi connectivity index (χ4v) is 4.84. The maximum Gasteiger partial charge on any atom is 0.332 e. The molecule has 0 N–H and O–H groups in total. The average Bonchev–Trinajstić information content (AvgIpc) is 3.46. The Morgan fingerprint density at radius 3 is 2.77 bits per heavy atom. The molecule has 0 saturated heterocycles. The van der Waals surface area contributed by atoms with Gasteiger partial charge < -0.3 is 9.32 Å². The van der Waals surface area contributed by atoms with Crippen molar-refractivity contribution >= 4 is 33.1 Å². The van der Waals surface area contributed by atoms with Gasteiger partial charge in [-0.2, -0.15) is 0 Å². The van der Waals surface area contributed by atoms with Gasteiger partial charge in [-0.3, -0.25) is 18.7 Å². The zero-order chi connectivity index (χ0) is 20.7. The molecule has 4 heterocycles. The summed E-state index contributed by atoms with van der Waals surface area (Å²) >= 11 is 1.27. The third-order valence-electron chi connectivity index (χ3n) is 5.44. The molecule has 152 valence electrons. The lowest BCUT2D eigenvalue weighted by atomic mass is 10.0. The minimum absolute atomic E-state index is 0.0270. The number of amides is 1. The number of carbonyl (C=O) groups is 1. The molecule has 1 amide bonds. The summed E-state index contributed by atoms with van der Waals surface area (Å²) in [5, 5.41) is 1.76. The Morgan fingerprint density at radius 1 is 1.07 bits per heavy atom. The van der Waals surface area contributed by atoms with Gasteiger partial charge in [-0.05, 0) is 48.1 Å². The number of rotatable bonds is 4. The number of hydrogen-bond acceptors (Lipinski definition) is 5. The summed E-state index contributed by atoms with van der Waals surface area (Å²) in [7, 11) is 0. The van der Waals surface area contributed by atoms with Crippen molar-refractivity contribution in [2.75, 3.05) is 11.4 Å². The maximum absolute atomic E-state index is 13.2. The molecular weight excluding hydrogens is 402 g/mol. The lowest BCUT2D eigenvalue weighted by molar-refractivity contribution is -0.119. The SMILES string of the molecule is O=C(Cn1c(=O)n(Cc2ccco2)c(=O)c2sccc21)N1CCCc2ccccc21. The Hall–Kier alpha value is -3.39. The maximum atomic E-state index is 13.2. The van der Waals surface area contributed by atoms with Crippen LogP contribution in [0.4, 0.5) is 5.69 Å². The predicted octanol–water partition coefficient (Wildman–Crippen LogP) is 2.85. The van der Waals surface area contributed by atoms with E-state index >= 15 is 0 Å². The summed E-state index contributed by atoms with van der Waals surface area (Å²) < 4.78 is 8.30. The molecule has 4 aromatic rings. The van der Waals surface area contributed by atoms with Crippen molar-refractivity contribution in [1.82, 2.24) is 9.13 Å². The van der Waals surface area contributed by atoms with Crippen LogP contribution in [0.2, 0.25) is 0 Å². The number of fused-ring (bicyclic) bond motifs is 2. The van der Waals surface area contributed by atoms with Crippen LogP contribution in [0.15, 0.2) is 68.1 Å². The normalized spacial score (nSPS) is 13.5. The van der Waals surface area contributed by atoms with Crippen molar-refractivity contribution < 1.29 is 9.21 Å². The molecule has 7 nitrogen and oxygen atoms in total. The zero-order valence-electron chi connectivity index (χ0n) is 16.1. The molecule has 1 aliphatic rings. The van der Waals surface area contributed by atoms with Gasteiger partial charge in [0.1, 0.15) is 17.0 Å². The molecule has 5 rings (SSSR count). The van der Waals surface area contributed by atoms with Gasteiger partial charge in [0.25, 0.3) is 5.56 Å². The molecule has 0 aliphatic carbocycles. The fraction of sp³-hybridized carbons (Fsp3) is 0.227. The number of anilines is 1. The molecule has 0 atom stereocenters. The van der Waals surface area contributed by atoms with Crippen molar-refractivity contribution in [2.45, 2.75) is 25.9 Å². The van der Waals surface area contributed by atoms with Crippen LogP contribution in [-0.2, 0) is 24.3 Å². The van der Waals surface area contributed by atoms with Crippen LogP contribution in [0.5, 0.6) is 0 Å². The number of nitrogens with zero attached hydrogens (tertiary/aromatic N) is 3. The molecule has 0 fully saturated rings. The molecule has 3 aromatic heterocycles. The predicted molar refractivity (Wildman–Crippen MR) is 115 cm³/mol. The van der Waals surface area contributed by atoms with Crippen molar-refractivity contribution in [3.63, 3.8) is 0 Å². The monoisotopic (exact) mass is 421 g/mol. The Bertz CT molecular complexity index is 1350. The first-order valence-electron chi connectivity index (χ1n) is 9.75. The first-order chi connectivity index (χ1) is 14.6. The van der Waals surface area contributed by atoms with Gasteiger partial charge in [-0.15, -0.1) is 11.3 Å². The van der Waals surface area contributed by atoms with Crippen LogP contribution in [0.25, 0.3) is 10.2 Å². The van der Waals surface area contributed by atoms with Gasteiger partial charge in [0.05, 0.1) is 18.3 Å². The molecule has 8 heteroatoms. The van der Waals surface area contributed by atoms with E-state index in [0.29, 0.717) is 22.5 Å². The topological polar surface area (TPSA) is 77.5 Å². The second-order valence-corrected chi connectivity index (χ2v) is 8.17. The summed E-state index contributed by atoms with van der Waals surface area (Å²) in [6.45, 7) is 0.515. The van der Waals surface area contributed by atoms with E-state index in [2.05, 4.69) is 0 Å². The number of furan rings is 1. The number of para-hydroxylation sites is 1. The molecule has 0 bridgehead atoms. The molecule has 0 radical (unpaired) electrons. The highest BCUT2D eigenvalue weighted by atomic mass is 32.1. The Balaban J connectivity index is 1.56. The molecule has 1 aromatic carbocycles. The van der Waals surface area contributed by atoms with E-state index < -0.39 is 5.69 Å². The molecule has 0 saturated carbocycles. The van der Waals surface area contributed by atoms with Crippen LogP contribution >= 0.6 is 11.3 Å². The van der Waals surface area contributed by atoms with Gasteiger partial charge in [-0.25, -0.2) is 4.79 Å². The Kier molecular flexibility index (Phi) is 4.63. The van der Waals surface area contributed by atoms with Gasteiger partial charge in [0.15, 0.2) is 0 Å². The first-order valence-corrected chi connectivity index (χ1v) is 10.6. The smallest absolute Gasteiger partial charge is 0.332 e. The Morgan fingerprint density at radius 2 is 1.93 bits per heavy atom. The third-order valence-corrected chi connectivity index (χ3v) is 6.33. The third kappa shape index (κ3) is 3.09. The highest BCUT2D eigenvalue weighted by molar-refractivity contribution is 7.17. The summed E-state index contributed by atoms with van der Waals surface area (Å²) in [5.41, 5.74) is 1.64. The number of hydrogen-bond donors (Lipinski definition) is 0. The lowest BCUT2D eigenvalue weighted by Gasteiger charge is -2.29. The van der Waals surface area contributed by atoms with Crippen LogP contribution < -0.4 is 16.1 Å². The largest absolute Gasteiger partial charge is 0.467 e.